The number of amides is 1. The van der Waals surface area contributed by atoms with E-state index in [1.807, 2.05) is 66.2 Å². The molecule has 1 heterocycles. The third-order valence-corrected chi connectivity index (χ3v) is 5.09. The predicted octanol–water partition coefficient (Wildman–Crippen LogP) is 4.20. The molecule has 4 aromatic rings. The molecule has 0 fully saturated rings. The molecule has 0 spiro atoms. The lowest BCUT2D eigenvalue weighted by Gasteiger charge is -2.19. The van der Waals surface area contributed by atoms with E-state index in [2.05, 4.69) is 5.32 Å². The highest BCUT2D eigenvalue weighted by molar-refractivity contribution is 5.95. The highest BCUT2D eigenvalue weighted by Gasteiger charge is 2.20. The highest BCUT2D eigenvalue weighted by atomic mass is 16.6. The molecular weight excluding hydrogens is 380 g/mol. The quantitative estimate of drug-likeness (QED) is 0.388. The SMILES string of the molecule is Cn1c(CC(NC(=O)c2cccc([N+](=O)[O-])c2)c2ccccc2)nc2ccccc21. The van der Waals surface area contributed by atoms with Crippen molar-refractivity contribution in [1.29, 1.82) is 0 Å². The normalized spacial score (nSPS) is 11.9. The van der Waals surface area contributed by atoms with Crippen molar-refractivity contribution >= 4 is 22.6 Å². The van der Waals surface area contributed by atoms with E-state index < -0.39 is 4.92 Å². The van der Waals surface area contributed by atoms with Crippen LogP contribution in [0, 0.1) is 10.1 Å². The predicted molar refractivity (Wildman–Crippen MR) is 114 cm³/mol. The van der Waals surface area contributed by atoms with E-state index in [1.165, 1.54) is 18.2 Å². The lowest BCUT2D eigenvalue weighted by Crippen LogP contribution is -2.30. The summed E-state index contributed by atoms with van der Waals surface area (Å²) >= 11 is 0. The second-order valence-corrected chi connectivity index (χ2v) is 7.02. The fourth-order valence-electron chi connectivity index (χ4n) is 3.50. The summed E-state index contributed by atoms with van der Waals surface area (Å²) in [4.78, 5) is 28.1. The summed E-state index contributed by atoms with van der Waals surface area (Å²) in [6.07, 6.45) is 0.482. The number of benzene rings is 3. The van der Waals surface area contributed by atoms with E-state index in [1.54, 1.807) is 6.07 Å². The zero-order valence-corrected chi connectivity index (χ0v) is 16.4. The van der Waals surface area contributed by atoms with Crippen LogP contribution in [0.1, 0.15) is 27.8 Å². The van der Waals surface area contributed by atoms with Crippen LogP contribution in [-0.4, -0.2) is 20.4 Å². The summed E-state index contributed by atoms with van der Waals surface area (Å²) in [6.45, 7) is 0. The number of carbonyl (C=O) groups is 1. The summed E-state index contributed by atoms with van der Waals surface area (Å²) in [5.74, 6) is 0.468. The lowest BCUT2D eigenvalue weighted by atomic mass is 10.0. The maximum absolute atomic E-state index is 12.9. The Hall–Kier alpha value is -4.00. The molecule has 0 saturated heterocycles. The largest absolute Gasteiger partial charge is 0.345 e. The Morgan fingerprint density at radius 3 is 2.53 bits per heavy atom. The van der Waals surface area contributed by atoms with Gasteiger partial charge in [0.05, 0.1) is 22.0 Å². The number of carbonyl (C=O) groups excluding carboxylic acids is 1. The molecule has 1 unspecified atom stereocenters. The third kappa shape index (κ3) is 3.91. The van der Waals surface area contributed by atoms with E-state index in [9.17, 15) is 14.9 Å². The lowest BCUT2D eigenvalue weighted by molar-refractivity contribution is -0.384. The first-order chi connectivity index (χ1) is 14.5. The number of hydrogen-bond acceptors (Lipinski definition) is 4. The Morgan fingerprint density at radius 1 is 1.07 bits per heavy atom. The van der Waals surface area contributed by atoms with Gasteiger partial charge in [-0.3, -0.25) is 14.9 Å². The number of nitro groups is 1. The van der Waals surface area contributed by atoms with Crippen LogP contribution >= 0.6 is 0 Å². The van der Waals surface area contributed by atoms with Gasteiger partial charge in [-0.2, -0.15) is 0 Å². The van der Waals surface area contributed by atoms with Gasteiger partial charge in [0, 0.05) is 31.2 Å². The Morgan fingerprint density at radius 2 is 1.80 bits per heavy atom. The molecule has 1 amide bonds. The number of nitro benzene ring substituents is 1. The van der Waals surface area contributed by atoms with E-state index in [0.29, 0.717) is 6.42 Å². The number of nitrogens with one attached hydrogen (secondary N) is 1. The summed E-state index contributed by atoms with van der Waals surface area (Å²) in [6, 6.07) is 22.9. The number of nitrogens with zero attached hydrogens (tertiary/aromatic N) is 3. The molecule has 7 heteroatoms. The van der Waals surface area contributed by atoms with Crippen LogP contribution in [0.2, 0.25) is 0 Å². The molecule has 1 atom stereocenters. The molecule has 30 heavy (non-hydrogen) atoms. The van der Waals surface area contributed by atoms with Gasteiger partial charge in [-0.15, -0.1) is 0 Å². The van der Waals surface area contributed by atoms with Crippen LogP contribution in [0.4, 0.5) is 5.69 Å². The zero-order chi connectivity index (χ0) is 21.1. The molecule has 0 aliphatic carbocycles. The maximum Gasteiger partial charge on any atom is 0.270 e. The second kappa shape index (κ2) is 8.16. The first-order valence-electron chi connectivity index (χ1n) is 9.53. The Balaban J connectivity index is 1.65. The molecule has 0 aliphatic rings. The van der Waals surface area contributed by atoms with E-state index in [-0.39, 0.29) is 23.2 Å². The first kappa shape index (κ1) is 19.3. The number of aryl methyl sites for hydroxylation is 1. The molecule has 0 bridgehead atoms. The number of imidazole rings is 1. The van der Waals surface area contributed by atoms with Crippen molar-refractivity contribution in [2.75, 3.05) is 0 Å². The molecule has 150 valence electrons. The minimum absolute atomic E-state index is 0.116. The minimum atomic E-state index is -0.509. The van der Waals surface area contributed by atoms with Crippen LogP contribution in [0.15, 0.2) is 78.9 Å². The van der Waals surface area contributed by atoms with Gasteiger partial charge in [0.1, 0.15) is 5.82 Å². The van der Waals surface area contributed by atoms with Gasteiger partial charge in [0.25, 0.3) is 11.6 Å². The first-order valence-corrected chi connectivity index (χ1v) is 9.53. The molecule has 1 aromatic heterocycles. The second-order valence-electron chi connectivity index (χ2n) is 7.02. The van der Waals surface area contributed by atoms with Crippen LogP contribution in [0.5, 0.6) is 0 Å². The molecule has 1 N–H and O–H groups in total. The van der Waals surface area contributed by atoms with Crippen molar-refractivity contribution in [3.63, 3.8) is 0 Å². The van der Waals surface area contributed by atoms with Crippen LogP contribution < -0.4 is 5.32 Å². The van der Waals surface area contributed by atoms with Crippen molar-refractivity contribution in [2.24, 2.45) is 7.05 Å². The average Bonchev–Trinajstić information content (AvgIpc) is 3.09. The minimum Gasteiger partial charge on any atom is -0.345 e. The summed E-state index contributed by atoms with van der Waals surface area (Å²) in [5.41, 5.74) is 2.98. The molecule has 4 rings (SSSR count). The smallest absolute Gasteiger partial charge is 0.270 e. The van der Waals surface area contributed by atoms with Gasteiger partial charge in [-0.05, 0) is 23.8 Å². The van der Waals surface area contributed by atoms with E-state index in [0.717, 1.165) is 22.4 Å². The van der Waals surface area contributed by atoms with Gasteiger partial charge < -0.3 is 9.88 Å². The number of hydrogen-bond donors (Lipinski definition) is 1. The number of rotatable bonds is 6. The van der Waals surface area contributed by atoms with Gasteiger partial charge in [-0.1, -0.05) is 48.5 Å². The van der Waals surface area contributed by atoms with E-state index in [4.69, 9.17) is 4.98 Å². The fraction of sp³-hybridized carbons (Fsp3) is 0.130. The van der Waals surface area contributed by atoms with Crippen molar-refractivity contribution in [2.45, 2.75) is 12.5 Å². The van der Waals surface area contributed by atoms with Crippen LogP contribution in [0.25, 0.3) is 11.0 Å². The summed E-state index contributed by atoms with van der Waals surface area (Å²) < 4.78 is 2.02. The number of aromatic nitrogens is 2. The monoisotopic (exact) mass is 400 g/mol. The van der Waals surface area contributed by atoms with Crippen molar-refractivity contribution in [1.82, 2.24) is 14.9 Å². The fourth-order valence-corrected chi connectivity index (χ4v) is 3.50. The molecule has 7 nitrogen and oxygen atoms in total. The molecule has 3 aromatic carbocycles. The topological polar surface area (TPSA) is 90.1 Å². The zero-order valence-electron chi connectivity index (χ0n) is 16.4. The Kier molecular flexibility index (Phi) is 5.26. The molecule has 0 aliphatic heterocycles. The average molecular weight is 400 g/mol. The standard InChI is InChI=1S/C23H20N4O3/c1-26-21-13-6-5-12-19(21)24-22(26)15-20(16-8-3-2-4-9-16)25-23(28)17-10-7-11-18(14-17)27(29)30/h2-14,20H,15H2,1H3,(H,25,28). The highest BCUT2D eigenvalue weighted by Crippen LogP contribution is 2.22. The number of non-ortho nitro benzene ring substituents is 1. The van der Waals surface area contributed by atoms with Crippen molar-refractivity contribution < 1.29 is 9.72 Å². The number of fused-ring (bicyclic) bond motifs is 1. The van der Waals surface area contributed by atoms with Gasteiger partial charge in [-0.25, -0.2) is 4.98 Å². The van der Waals surface area contributed by atoms with Crippen LogP contribution in [-0.2, 0) is 13.5 Å². The van der Waals surface area contributed by atoms with Gasteiger partial charge in [0.15, 0.2) is 0 Å². The van der Waals surface area contributed by atoms with E-state index >= 15 is 0 Å². The Labute approximate surface area is 173 Å². The van der Waals surface area contributed by atoms with Gasteiger partial charge >= 0.3 is 0 Å². The van der Waals surface area contributed by atoms with Crippen molar-refractivity contribution in [3.8, 4) is 0 Å². The summed E-state index contributed by atoms with van der Waals surface area (Å²) in [7, 11) is 1.95. The Bertz CT molecular complexity index is 1220. The van der Waals surface area contributed by atoms with Crippen molar-refractivity contribution in [3.05, 3.63) is 106 Å². The van der Waals surface area contributed by atoms with Gasteiger partial charge in [0.2, 0.25) is 0 Å². The van der Waals surface area contributed by atoms with Crippen LogP contribution in [0.3, 0.4) is 0 Å². The summed E-state index contributed by atoms with van der Waals surface area (Å²) in [5, 5.41) is 14.1. The maximum atomic E-state index is 12.9. The number of para-hydroxylation sites is 2. The molecule has 0 radical (unpaired) electrons. The molecule has 0 saturated carbocycles. The third-order valence-electron chi connectivity index (χ3n) is 5.09. The molecular formula is C23H20N4O3.